The van der Waals surface area contributed by atoms with Gasteiger partial charge in [0.25, 0.3) is 0 Å². The third-order valence-electron chi connectivity index (χ3n) is 5.04. The van der Waals surface area contributed by atoms with Crippen LogP contribution in [0.15, 0.2) is 12.1 Å². The van der Waals surface area contributed by atoms with Crippen LogP contribution in [0.25, 0.3) is 0 Å². The molecule has 2 aromatic rings. The van der Waals surface area contributed by atoms with Crippen molar-refractivity contribution in [3.63, 3.8) is 0 Å². The van der Waals surface area contributed by atoms with Crippen LogP contribution in [0.5, 0.6) is 5.88 Å². The van der Waals surface area contributed by atoms with Gasteiger partial charge in [-0.2, -0.15) is 5.10 Å². The van der Waals surface area contributed by atoms with Crippen LogP contribution in [0.1, 0.15) is 47.4 Å². The van der Waals surface area contributed by atoms with E-state index < -0.39 is 16.5 Å². The molecule has 1 aromatic heterocycles. The molecule has 1 aliphatic heterocycles. The molecule has 0 radical (unpaired) electrons. The van der Waals surface area contributed by atoms with Gasteiger partial charge in [-0.3, -0.25) is 4.79 Å². The number of rotatable bonds is 7. The van der Waals surface area contributed by atoms with Crippen LogP contribution in [0.4, 0.5) is 5.69 Å². The molecule has 0 spiro atoms. The summed E-state index contributed by atoms with van der Waals surface area (Å²) in [6.45, 7) is 5.41. The zero-order chi connectivity index (χ0) is 21.1. The number of halogens is 1. The Morgan fingerprint density at radius 2 is 2.17 bits per heavy atom. The molecule has 1 atom stereocenters. The van der Waals surface area contributed by atoms with Crippen molar-refractivity contribution < 1.29 is 23.1 Å². The second kappa shape index (κ2) is 9.15. The van der Waals surface area contributed by atoms with Gasteiger partial charge in [-0.25, -0.2) is 13.5 Å². The number of ketones is 1. The largest absolute Gasteiger partial charge is 0.493 e. The predicted molar refractivity (Wildman–Crippen MR) is 111 cm³/mol. The van der Waals surface area contributed by atoms with Crippen LogP contribution < -0.4 is 4.90 Å². The lowest BCUT2D eigenvalue weighted by molar-refractivity contribution is 0.0384. The van der Waals surface area contributed by atoms with Crippen LogP contribution in [-0.4, -0.2) is 55.3 Å². The zero-order valence-corrected chi connectivity index (χ0v) is 17.9. The summed E-state index contributed by atoms with van der Waals surface area (Å²) < 4.78 is 28.5. The van der Waals surface area contributed by atoms with Crippen molar-refractivity contribution in [2.75, 3.05) is 24.6 Å². The first-order valence-electron chi connectivity index (χ1n) is 9.47. The number of nitrogens with zero attached hydrogens (tertiary/aromatic N) is 2. The maximum absolute atomic E-state index is 13.2. The molecule has 1 aromatic carbocycles. The van der Waals surface area contributed by atoms with Crippen LogP contribution in [0.3, 0.4) is 0 Å². The molecular formula is C19H24ClN3O5S. The third-order valence-corrected chi connectivity index (χ3v) is 6.02. The van der Waals surface area contributed by atoms with Gasteiger partial charge in [0, 0.05) is 18.7 Å². The second-order valence-electron chi connectivity index (χ2n) is 6.85. The van der Waals surface area contributed by atoms with E-state index >= 15 is 0 Å². The normalized spacial score (nSPS) is 17.1. The number of ether oxygens (including phenoxy) is 1. The molecule has 1 saturated heterocycles. The molecule has 0 amide bonds. The summed E-state index contributed by atoms with van der Waals surface area (Å²) in [5.41, 5.74) is 1.77. The molecule has 0 bridgehead atoms. The van der Waals surface area contributed by atoms with Crippen molar-refractivity contribution in [2.24, 2.45) is 0 Å². The van der Waals surface area contributed by atoms with Crippen molar-refractivity contribution >= 4 is 33.8 Å². The number of aryl methyl sites for hydroxylation is 1. The fraction of sp³-hybridized carbons (Fsp3) is 0.474. The minimum atomic E-state index is -2.67. The molecule has 2 N–H and O–H groups in total. The quantitative estimate of drug-likeness (QED) is 0.446. The van der Waals surface area contributed by atoms with E-state index in [2.05, 4.69) is 10.2 Å². The Hall–Kier alpha value is -2.10. The van der Waals surface area contributed by atoms with Crippen molar-refractivity contribution in [1.29, 1.82) is 0 Å². The Morgan fingerprint density at radius 3 is 2.83 bits per heavy atom. The molecule has 8 nitrogen and oxygen atoms in total. The standard InChI is InChI=1S/C19H24ClN3O5S/c1-3-12-9-23(7-8-28-12)17-11(10-29(26)27)5-6-13(16(17)20)18(24)15-14(4-2)21-22-19(15)25/h5-6,12,29H,3-4,7-10H2,1-2H3,(H2,21,22,25). The van der Waals surface area contributed by atoms with E-state index in [1.54, 1.807) is 6.07 Å². The van der Waals surface area contributed by atoms with E-state index in [4.69, 9.17) is 16.3 Å². The summed E-state index contributed by atoms with van der Waals surface area (Å²) in [7, 11) is -2.67. The van der Waals surface area contributed by atoms with Crippen molar-refractivity contribution in [3.8, 4) is 5.88 Å². The molecule has 1 fully saturated rings. The molecule has 0 aliphatic carbocycles. The summed E-state index contributed by atoms with van der Waals surface area (Å²) in [6.07, 6.45) is 1.26. The number of morpholine rings is 1. The van der Waals surface area contributed by atoms with E-state index in [0.717, 1.165) is 6.42 Å². The van der Waals surface area contributed by atoms with Gasteiger partial charge in [0.15, 0.2) is 0 Å². The number of H-pyrrole nitrogens is 1. The van der Waals surface area contributed by atoms with Gasteiger partial charge < -0.3 is 14.7 Å². The number of carbonyl (C=O) groups is 1. The van der Waals surface area contributed by atoms with E-state index in [1.807, 2.05) is 18.7 Å². The van der Waals surface area contributed by atoms with Gasteiger partial charge in [0.1, 0.15) is 16.3 Å². The van der Waals surface area contributed by atoms with Crippen molar-refractivity contribution in [1.82, 2.24) is 10.2 Å². The fourth-order valence-corrected chi connectivity index (χ4v) is 4.48. The Morgan fingerprint density at radius 1 is 1.41 bits per heavy atom. The Labute approximate surface area is 175 Å². The minimum Gasteiger partial charge on any atom is -0.493 e. The molecule has 1 aliphatic rings. The molecule has 3 rings (SSSR count). The first-order valence-corrected chi connectivity index (χ1v) is 11.2. The first-order chi connectivity index (χ1) is 13.9. The highest BCUT2D eigenvalue weighted by molar-refractivity contribution is 7.71. The number of carbonyl (C=O) groups excluding carboxylic acids is 1. The molecule has 29 heavy (non-hydrogen) atoms. The number of anilines is 1. The lowest BCUT2D eigenvalue weighted by atomic mass is 9.99. The van der Waals surface area contributed by atoms with E-state index in [0.29, 0.717) is 43.1 Å². The maximum Gasteiger partial charge on any atom is 0.218 e. The van der Waals surface area contributed by atoms with Crippen molar-refractivity contribution in [3.05, 3.63) is 39.5 Å². The van der Waals surface area contributed by atoms with Crippen molar-refractivity contribution in [2.45, 2.75) is 38.5 Å². The highest BCUT2D eigenvalue weighted by Gasteiger charge is 2.28. The smallest absolute Gasteiger partial charge is 0.218 e. The SMILES string of the molecule is CCc1n[nH]c(O)c1C(=O)c1ccc(C[SH](=O)=O)c(N2CCOC(CC)C2)c1Cl. The zero-order valence-electron chi connectivity index (χ0n) is 16.3. The van der Waals surface area contributed by atoms with Crippen LogP contribution in [0.2, 0.25) is 5.02 Å². The average molecular weight is 442 g/mol. The molecule has 10 heteroatoms. The number of hydrogen-bond donors (Lipinski definition) is 3. The Balaban J connectivity index is 2.10. The minimum absolute atomic E-state index is 0.00218. The Bertz CT molecular complexity index is 980. The number of nitrogens with one attached hydrogen (secondary N) is 1. The summed E-state index contributed by atoms with van der Waals surface area (Å²) >= 11 is 6.67. The van der Waals surface area contributed by atoms with E-state index in [1.165, 1.54) is 6.07 Å². The number of aromatic amines is 1. The number of aromatic nitrogens is 2. The third kappa shape index (κ3) is 4.41. The predicted octanol–water partition coefficient (Wildman–Crippen LogP) is 2.29. The van der Waals surface area contributed by atoms with Crippen LogP contribution >= 0.6 is 11.6 Å². The fourth-order valence-electron chi connectivity index (χ4n) is 3.56. The molecular weight excluding hydrogens is 418 g/mol. The summed E-state index contributed by atoms with van der Waals surface area (Å²) in [4.78, 5) is 15.1. The van der Waals surface area contributed by atoms with Gasteiger partial charge in [0.05, 0.1) is 34.9 Å². The van der Waals surface area contributed by atoms with Crippen LogP contribution in [0, 0.1) is 0 Å². The second-order valence-corrected chi connectivity index (χ2v) is 8.21. The highest BCUT2D eigenvalue weighted by atomic mass is 35.5. The maximum atomic E-state index is 13.2. The first kappa shape index (κ1) is 21.6. The molecule has 0 saturated carbocycles. The van der Waals surface area contributed by atoms with E-state index in [-0.39, 0.29) is 33.9 Å². The van der Waals surface area contributed by atoms with Gasteiger partial charge in [-0.1, -0.05) is 31.5 Å². The summed E-state index contributed by atoms with van der Waals surface area (Å²) in [5, 5.41) is 16.6. The highest BCUT2D eigenvalue weighted by Crippen LogP contribution is 2.37. The summed E-state index contributed by atoms with van der Waals surface area (Å²) in [6, 6.07) is 3.12. The van der Waals surface area contributed by atoms with E-state index in [9.17, 15) is 18.3 Å². The average Bonchev–Trinajstić information content (AvgIpc) is 3.08. The van der Waals surface area contributed by atoms with Gasteiger partial charge in [-0.15, -0.1) is 0 Å². The number of hydrogen-bond acceptors (Lipinski definition) is 7. The monoisotopic (exact) mass is 441 g/mol. The summed E-state index contributed by atoms with van der Waals surface area (Å²) in [5.74, 6) is -0.948. The lowest BCUT2D eigenvalue weighted by Gasteiger charge is -2.36. The number of aromatic hydroxyl groups is 1. The number of benzene rings is 1. The number of thiol groups is 1. The van der Waals surface area contributed by atoms with Gasteiger partial charge in [-0.05, 0) is 24.5 Å². The molecule has 158 valence electrons. The van der Waals surface area contributed by atoms with Gasteiger partial charge >= 0.3 is 0 Å². The Kier molecular flexibility index (Phi) is 6.81. The topological polar surface area (TPSA) is 113 Å². The lowest BCUT2D eigenvalue weighted by Crippen LogP contribution is -2.42. The molecule has 1 unspecified atom stereocenters. The van der Waals surface area contributed by atoms with Gasteiger partial charge in [0.2, 0.25) is 11.7 Å². The molecule has 2 heterocycles. The van der Waals surface area contributed by atoms with Crippen LogP contribution in [-0.2, 0) is 27.6 Å².